The minimum atomic E-state index is -4.22. The van der Waals surface area contributed by atoms with E-state index in [1.807, 2.05) is 0 Å². The second-order valence-corrected chi connectivity index (χ2v) is 5.43. The topological polar surface area (TPSA) is 57.5 Å². The molecule has 2 rings (SSSR count). The molecule has 0 bridgehead atoms. The summed E-state index contributed by atoms with van der Waals surface area (Å²) in [6.45, 7) is -3.03. The van der Waals surface area contributed by atoms with Gasteiger partial charge in [-0.05, 0) is 6.42 Å². The smallest absolute Gasteiger partial charge is 0.352 e. The molecule has 1 aromatic rings. The molecule has 136 valence electrons. The second kappa shape index (κ2) is 7.77. The lowest BCUT2D eigenvalue weighted by molar-refractivity contribution is -0.143. The lowest BCUT2D eigenvalue weighted by Crippen LogP contribution is -2.45. The van der Waals surface area contributed by atoms with E-state index in [0.717, 1.165) is 4.57 Å². The van der Waals surface area contributed by atoms with Gasteiger partial charge in [-0.1, -0.05) is 0 Å². The summed E-state index contributed by atoms with van der Waals surface area (Å²) in [6.07, 6.45) is -1.24. The molecule has 2 N–H and O–H groups in total. The third-order valence-electron chi connectivity index (χ3n) is 3.61. The van der Waals surface area contributed by atoms with E-state index in [0.29, 0.717) is 18.9 Å². The summed E-state index contributed by atoms with van der Waals surface area (Å²) in [5.41, 5.74) is 0. The van der Waals surface area contributed by atoms with Gasteiger partial charge in [-0.25, -0.2) is 4.98 Å². The number of hydrogen-bond acceptors (Lipinski definition) is 3. The molecule has 1 aromatic heterocycles. The van der Waals surface area contributed by atoms with E-state index in [1.54, 1.807) is 0 Å². The van der Waals surface area contributed by atoms with Crippen LogP contribution in [-0.2, 0) is 6.54 Å². The summed E-state index contributed by atoms with van der Waals surface area (Å²) in [5.74, 6) is 0.468. The van der Waals surface area contributed by atoms with Crippen molar-refractivity contribution in [2.45, 2.75) is 31.7 Å². The number of rotatable bonds is 5. The zero-order valence-corrected chi connectivity index (χ0v) is 13.0. The Balaban J connectivity index is 1.82. The predicted octanol–water partition coefficient (Wildman–Crippen LogP) is 1.58. The lowest BCUT2D eigenvalue weighted by Gasteiger charge is -2.19. The van der Waals surface area contributed by atoms with Crippen LogP contribution in [0.15, 0.2) is 17.4 Å². The van der Waals surface area contributed by atoms with E-state index in [2.05, 4.69) is 20.6 Å². The minimum Gasteiger partial charge on any atom is -0.352 e. The standard InChI is InChI=1S/C13H19F5N6/c1-19-12(21-6-10-20-3-5-24(10)11(14)15)22-9-2-4-23(7-9)8-13(16,17)18/h3,5,9,11H,2,4,6-8H2,1H3,(H2,19,21,22). The minimum absolute atomic E-state index is 0.0238. The van der Waals surface area contributed by atoms with Crippen molar-refractivity contribution in [3.63, 3.8) is 0 Å². The van der Waals surface area contributed by atoms with Crippen LogP contribution in [0.4, 0.5) is 22.0 Å². The molecule has 1 unspecified atom stereocenters. The molecule has 1 aliphatic rings. The SMILES string of the molecule is CN=C(NCc1nccn1C(F)F)NC1CCN(CC(F)(F)F)C1. The Bertz CT molecular complexity index is 555. The Labute approximate surface area is 135 Å². The molecule has 0 aromatic carbocycles. The molecular weight excluding hydrogens is 335 g/mol. The Hall–Kier alpha value is -1.91. The number of hydrogen-bond donors (Lipinski definition) is 2. The molecule has 0 radical (unpaired) electrons. The average molecular weight is 354 g/mol. The number of guanidine groups is 1. The largest absolute Gasteiger partial charge is 0.401 e. The van der Waals surface area contributed by atoms with Gasteiger partial charge in [0, 0.05) is 38.6 Å². The molecular formula is C13H19F5N6. The Kier molecular flexibility index (Phi) is 5.97. The second-order valence-electron chi connectivity index (χ2n) is 5.43. The molecule has 0 aliphatic carbocycles. The normalized spacial score (nSPS) is 20.0. The van der Waals surface area contributed by atoms with Gasteiger partial charge in [0.05, 0.1) is 13.1 Å². The summed E-state index contributed by atoms with van der Waals surface area (Å²) < 4.78 is 63.3. The molecule has 1 fully saturated rings. The Morgan fingerprint density at radius 3 is 2.83 bits per heavy atom. The number of alkyl halides is 5. The van der Waals surface area contributed by atoms with Crippen LogP contribution < -0.4 is 10.6 Å². The highest BCUT2D eigenvalue weighted by atomic mass is 19.4. The number of nitrogens with zero attached hydrogens (tertiary/aromatic N) is 4. The van der Waals surface area contributed by atoms with Gasteiger partial charge >= 0.3 is 12.7 Å². The van der Waals surface area contributed by atoms with E-state index in [-0.39, 0.29) is 25.0 Å². The van der Waals surface area contributed by atoms with Gasteiger partial charge in [-0.15, -0.1) is 0 Å². The molecule has 0 saturated carbocycles. The maximum Gasteiger partial charge on any atom is 0.401 e. The number of nitrogens with one attached hydrogen (secondary N) is 2. The highest BCUT2D eigenvalue weighted by Gasteiger charge is 2.34. The van der Waals surface area contributed by atoms with Gasteiger partial charge in [-0.3, -0.25) is 14.5 Å². The van der Waals surface area contributed by atoms with Gasteiger partial charge in [0.25, 0.3) is 0 Å². The highest BCUT2D eigenvalue weighted by molar-refractivity contribution is 5.79. The molecule has 1 saturated heterocycles. The first-order valence-corrected chi connectivity index (χ1v) is 7.34. The quantitative estimate of drug-likeness (QED) is 0.479. The number of aromatic nitrogens is 2. The van der Waals surface area contributed by atoms with Crippen LogP contribution in [0, 0.1) is 0 Å². The van der Waals surface area contributed by atoms with Crippen molar-refractivity contribution in [2.24, 2.45) is 4.99 Å². The van der Waals surface area contributed by atoms with Gasteiger partial charge in [0.2, 0.25) is 0 Å². The maximum absolute atomic E-state index is 12.7. The van der Waals surface area contributed by atoms with E-state index < -0.39 is 19.3 Å². The van der Waals surface area contributed by atoms with Crippen LogP contribution in [0.3, 0.4) is 0 Å². The first kappa shape index (κ1) is 18.4. The van der Waals surface area contributed by atoms with E-state index >= 15 is 0 Å². The predicted molar refractivity (Wildman–Crippen MR) is 77.7 cm³/mol. The van der Waals surface area contributed by atoms with Gasteiger partial charge in [0.15, 0.2) is 5.96 Å². The third kappa shape index (κ3) is 5.32. The fourth-order valence-corrected chi connectivity index (χ4v) is 2.56. The highest BCUT2D eigenvalue weighted by Crippen LogP contribution is 2.20. The van der Waals surface area contributed by atoms with Crippen LogP contribution in [0.5, 0.6) is 0 Å². The Morgan fingerprint density at radius 1 is 1.46 bits per heavy atom. The molecule has 2 heterocycles. The molecule has 0 spiro atoms. The zero-order chi connectivity index (χ0) is 17.7. The van der Waals surface area contributed by atoms with Gasteiger partial charge < -0.3 is 10.6 Å². The van der Waals surface area contributed by atoms with Crippen molar-refractivity contribution in [2.75, 3.05) is 26.7 Å². The fourth-order valence-electron chi connectivity index (χ4n) is 2.56. The van der Waals surface area contributed by atoms with Crippen LogP contribution >= 0.6 is 0 Å². The molecule has 11 heteroatoms. The summed E-state index contributed by atoms with van der Waals surface area (Å²) in [5, 5.41) is 5.84. The summed E-state index contributed by atoms with van der Waals surface area (Å²) in [6, 6.07) is -0.187. The van der Waals surface area contributed by atoms with Crippen molar-refractivity contribution in [1.29, 1.82) is 0 Å². The Morgan fingerprint density at radius 2 is 2.21 bits per heavy atom. The molecule has 0 amide bonds. The average Bonchev–Trinajstić information content (AvgIpc) is 3.10. The van der Waals surface area contributed by atoms with Gasteiger partial charge in [-0.2, -0.15) is 22.0 Å². The van der Waals surface area contributed by atoms with Crippen molar-refractivity contribution in [1.82, 2.24) is 25.1 Å². The number of aliphatic imine (C=N–C) groups is 1. The fraction of sp³-hybridized carbons (Fsp3) is 0.692. The van der Waals surface area contributed by atoms with Crippen molar-refractivity contribution in [3.8, 4) is 0 Å². The first-order valence-electron chi connectivity index (χ1n) is 7.34. The monoisotopic (exact) mass is 354 g/mol. The first-order chi connectivity index (χ1) is 11.3. The van der Waals surface area contributed by atoms with E-state index in [9.17, 15) is 22.0 Å². The third-order valence-corrected chi connectivity index (χ3v) is 3.61. The van der Waals surface area contributed by atoms with Crippen LogP contribution in [0.1, 0.15) is 18.8 Å². The number of imidazole rings is 1. The molecule has 24 heavy (non-hydrogen) atoms. The van der Waals surface area contributed by atoms with E-state index in [4.69, 9.17) is 0 Å². The zero-order valence-electron chi connectivity index (χ0n) is 13.0. The van der Waals surface area contributed by atoms with Crippen molar-refractivity contribution in [3.05, 3.63) is 18.2 Å². The van der Waals surface area contributed by atoms with Crippen molar-refractivity contribution >= 4 is 5.96 Å². The summed E-state index contributed by atoms with van der Waals surface area (Å²) in [4.78, 5) is 9.10. The molecule has 1 atom stereocenters. The maximum atomic E-state index is 12.7. The molecule has 1 aliphatic heterocycles. The van der Waals surface area contributed by atoms with Gasteiger partial charge in [0.1, 0.15) is 5.82 Å². The van der Waals surface area contributed by atoms with Crippen LogP contribution in [0.25, 0.3) is 0 Å². The van der Waals surface area contributed by atoms with E-state index in [1.165, 1.54) is 24.3 Å². The summed E-state index contributed by atoms with van der Waals surface area (Å²) in [7, 11) is 1.50. The van der Waals surface area contributed by atoms with Crippen LogP contribution in [0.2, 0.25) is 0 Å². The number of likely N-dealkylation sites (tertiary alicyclic amines) is 1. The number of halogens is 5. The lowest BCUT2D eigenvalue weighted by atomic mass is 10.3. The van der Waals surface area contributed by atoms with Crippen LogP contribution in [-0.4, -0.2) is 59.3 Å². The summed E-state index contributed by atoms with van der Waals surface area (Å²) >= 11 is 0. The molecule has 6 nitrogen and oxygen atoms in total. The van der Waals surface area contributed by atoms with Crippen molar-refractivity contribution < 1.29 is 22.0 Å².